The molecule has 0 aromatic heterocycles. The van der Waals surface area contributed by atoms with Crippen LogP contribution in [0.5, 0.6) is 0 Å². The molecule has 5 heteroatoms. The molecule has 2 rings (SSSR count). The highest BCUT2D eigenvalue weighted by molar-refractivity contribution is 5.92. The molecular weight excluding hydrogens is 244 g/mol. The number of esters is 1. The summed E-state index contributed by atoms with van der Waals surface area (Å²) in [6.07, 6.45) is 3.42. The molecule has 1 aliphatic rings. The van der Waals surface area contributed by atoms with Gasteiger partial charge in [0.05, 0.1) is 36.2 Å². The van der Waals surface area contributed by atoms with Gasteiger partial charge < -0.3 is 20.5 Å². The first kappa shape index (κ1) is 13.7. The van der Waals surface area contributed by atoms with E-state index in [0.29, 0.717) is 11.3 Å². The number of methoxy groups -OCH3 is 2. The number of hydrogen-bond acceptors (Lipinski definition) is 5. The van der Waals surface area contributed by atoms with Crippen LogP contribution in [-0.4, -0.2) is 32.3 Å². The average Bonchev–Trinajstić information content (AvgIpc) is 2.87. The number of nitrogens with two attached hydrogens (primary N) is 1. The topological polar surface area (TPSA) is 73.6 Å². The molecule has 3 N–H and O–H groups in total. The number of carbonyl (C=O) groups excluding carboxylic acids is 1. The second-order valence-corrected chi connectivity index (χ2v) is 4.75. The molecule has 0 aliphatic heterocycles. The Balaban J connectivity index is 2.17. The SMILES string of the molecule is COC(=O)c1ccc(N)c(NC2CCCC2OC)c1. The van der Waals surface area contributed by atoms with E-state index in [2.05, 4.69) is 5.32 Å². The standard InChI is InChI=1S/C14H20N2O3/c1-18-13-5-3-4-11(13)16-12-8-9(14(17)19-2)6-7-10(12)15/h6-8,11,13,16H,3-5,15H2,1-2H3. The number of hydrogen-bond donors (Lipinski definition) is 2. The molecule has 0 saturated heterocycles. The fourth-order valence-corrected chi connectivity index (χ4v) is 2.50. The Labute approximate surface area is 113 Å². The van der Waals surface area contributed by atoms with Crippen LogP contribution in [0.15, 0.2) is 18.2 Å². The Bertz CT molecular complexity index is 462. The van der Waals surface area contributed by atoms with E-state index in [-0.39, 0.29) is 18.1 Å². The fourth-order valence-electron chi connectivity index (χ4n) is 2.50. The van der Waals surface area contributed by atoms with E-state index in [0.717, 1.165) is 24.9 Å². The summed E-state index contributed by atoms with van der Waals surface area (Å²) >= 11 is 0. The molecule has 0 radical (unpaired) electrons. The van der Waals surface area contributed by atoms with Gasteiger partial charge in [-0.15, -0.1) is 0 Å². The lowest BCUT2D eigenvalue weighted by atomic mass is 10.1. The van der Waals surface area contributed by atoms with Gasteiger partial charge in [-0.25, -0.2) is 4.79 Å². The summed E-state index contributed by atoms with van der Waals surface area (Å²) in [5.41, 5.74) is 7.81. The minimum absolute atomic E-state index is 0.196. The molecule has 1 fully saturated rings. The normalized spacial score (nSPS) is 22.2. The molecular formula is C14H20N2O3. The molecule has 5 nitrogen and oxygen atoms in total. The largest absolute Gasteiger partial charge is 0.465 e. The highest BCUT2D eigenvalue weighted by atomic mass is 16.5. The number of rotatable bonds is 4. The van der Waals surface area contributed by atoms with Gasteiger partial charge in [0.25, 0.3) is 0 Å². The van der Waals surface area contributed by atoms with Gasteiger partial charge in [0.1, 0.15) is 0 Å². The molecule has 1 aromatic rings. The average molecular weight is 264 g/mol. The zero-order valence-electron chi connectivity index (χ0n) is 11.3. The number of ether oxygens (including phenoxy) is 2. The molecule has 0 spiro atoms. The first-order valence-electron chi connectivity index (χ1n) is 6.43. The van der Waals surface area contributed by atoms with Gasteiger partial charge in [-0.05, 0) is 37.5 Å². The van der Waals surface area contributed by atoms with Crippen molar-refractivity contribution in [1.82, 2.24) is 0 Å². The van der Waals surface area contributed by atoms with Gasteiger partial charge in [0.2, 0.25) is 0 Å². The van der Waals surface area contributed by atoms with Crippen LogP contribution in [0.25, 0.3) is 0 Å². The van der Waals surface area contributed by atoms with Gasteiger partial charge in [-0.2, -0.15) is 0 Å². The van der Waals surface area contributed by atoms with E-state index in [1.165, 1.54) is 7.11 Å². The van der Waals surface area contributed by atoms with Gasteiger partial charge in [-0.1, -0.05) is 0 Å². The number of nitrogens with one attached hydrogen (secondary N) is 1. The Morgan fingerprint density at radius 1 is 1.37 bits per heavy atom. The van der Waals surface area contributed by atoms with Crippen LogP contribution in [0.4, 0.5) is 11.4 Å². The van der Waals surface area contributed by atoms with Crippen LogP contribution in [0.3, 0.4) is 0 Å². The van der Waals surface area contributed by atoms with E-state index in [4.69, 9.17) is 15.2 Å². The second-order valence-electron chi connectivity index (χ2n) is 4.75. The first-order chi connectivity index (χ1) is 9.15. The van der Waals surface area contributed by atoms with E-state index in [1.54, 1.807) is 25.3 Å². The summed E-state index contributed by atoms with van der Waals surface area (Å²) in [4.78, 5) is 11.5. The minimum Gasteiger partial charge on any atom is -0.465 e. The van der Waals surface area contributed by atoms with Crippen molar-refractivity contribution in [2.45, 2.75) is 31.4 Å². The summed E-state index contributed by atoms with van der Waals surface area (Å²) in [5.74, 6) is -0.363. The number of carbonyl (C=O) groups is 1. The summed E-state index contributed by atoms with van der Waals surface area (Å²) in [5, 5.41) is 3.37. The zero-order valence-corrected chi connectivity index (χ0v) is 11.3. The lowest BCUT2D eigenvalue weighted by Crippen LogP contribution is -2.30. The summed E-state index contributed by atoms with van der Waals surface area (Å²) in [7, 11) is 3.09. The van der Waals surface area contributed by atoms with Crippen molar-refractivity contribution in [3.05, 3.63) is 23.8 Å². The molecule has 104 valence electrons. The fraction of sp³-hybridized carbons (Fsp3) is 0.500. The maximum absolute atomic E-state index is 11.5. The molecule has 19 heavy (non-hydrogen) atoms. The van der Waals surface area contributed by atoms with Crippen LogP contribution in [0.1, 0.15) is 29.6 Å². The zero-order chi connectivity index (χ0) is 13.8. The van der Waals surface area contributed by atoms with Gasteiger partial charge in [0.15, 0.2) is 0 Å². The van der Waals surface area contributed by atoms with E-state index >= 15 is 0 Å². The highest BCUT2D eigenvalue weighted by Crippen LogP contribution is 2.28. The molecule has 0 heterocycles. The van der Waals surface area contributed by atoms with Crippen molar-refractivity contribution >= 4 is 17.3 Å². The molecule has 1 aliphatic carbocycles. The van der Waals surface area contributed by atoms with Gasteiger partial charge >= 0.3 is 5.97 Å². The summed E-state index contributed by atoms with van der Waals surface area (Å²) in [6.45, 7) is 0. The van der Waals surface area contributed by atoms with Crippen molar-refractivity contribution < 1.29 is 14.3 Å². The Hall–Kier alpha value is -1.75. The van der Waals surface area contributed by atoms with Gasteiger partial charge in [-0.3, -0.25) is 0 Å². The Kier molecular flexibility index (Phi) is 4.27. The molecule has 2 unspecified atom stereocenters. The van der Waals surface area contributed by atoms with E-state index in [9.17, 15) is 4.79 Å². The van der Waals surface area contributed by atoms with Crippen molar-refractivity contribution in [1.29, 1.82) is 0 Å². The predicted molar refractivity (Wildman–Crippen MR) is 74.3 cm³/mol. The van der Waals surface area contributed by atoms with Crippen LogP contribution >= 0.6 is 0 Å². The van der Waals surface area contributed by atoms with Crippen LogP contribution in [-0.2, 0) is 9.47 Å². The van der Waals surface area contributed by atoms with Crippen molar-refractivity contribution in [2.75, 3.05) is 25.3 Å². The molecule has 0 amide bonds. The number of anilines is 2. The second kappa shape index (κ2) is 5.93. The third-order valence-electron chi connectivity index (χ3n) is 3.57. The maximum atomic E-state index is 11.5. The Morgan fingerprint density at radius 3 is 2.84 bits per heavy atom. The van der Waals surface area contributed by atoms with E-state index in [1.807, 2.05) is 0 Å². The van der Waals surface area contributed by atoms with Crippen LogP contribution < -0.4 is 11.1 Å². The van der Waals surface area contributed by atoms with E-state index < -0.39 is 0 Å². The minimum atomic E-state index is -0.363. The molecule has 0 bridgehead atoms. The molecule has 1 aromatic carbocycles. The molecule has 1 saturated carbocycles. The van der Waals surface area contributed by atoms with Crippen LogP contribution in [0.2, 0.25) is 0 Å². The third kappa shape index (κ3) is 2.98. The van der Waals surface area contributed by atoms with Crippen molar-refractivity contribution in [3.63, 3.8) is 0 Å². The molecule has 2 atom stereocenters. The lowest BCUT2D eigenvalue weighted by molar-refractivity contribution is 0.0601. The predicted octanol–water partition coefficient (Wildman–Crippen LogP) is 2.03. The Morgan fingerprint density at radius 2 is 2.16 bits per heavy atom. The number of benzene rings is 1. The quantitative estimate of drug-likeness (QED) is 0.643. The monoisotopic (exact) mass is 264 g/mol. The maximum Gasteiger partial charge on any atom is 0.337 e. The smallest absolute Gasteiger partial charge is 0.337 e. The van der Waals surface area contributed by atoms with Crippen molar-refractivity contribution in [3.8, 4) is 0 Å². The lowest BCUT2D eigenvalue weighted by Gasteiger charge is -2.22. The van der Waals surface area contributed by atoms with Crippen LogP contribution in [0, 0.1) is 0 Å². The summed E-state index contributed by atoms with van der Waals surface area (Å²) < 4.78 is 10.2. The third-order valence-corrected chi connectivity index (χ3v) is 3.57. The highest BCUT2D eigenvalue weighted by Gasteiger charge is 2.27. The van der Waals surface area contributed by atoms with Gasteiger partial charge in [0, 0.05) is 7.11 Å². The van der Waals surface area contributed by atoms with Crippen molar-refractivity contribution in [2.24, 2.45) is 0 Å². The number of nitrogen functional groups attached to an aromatic ring is 1. The summed E-state index contributed by atoms with van der Waals surface area (Å²) in [6, 6.07) is 5.34. The first-order valence-corrected chi connectivity index (χ1v) is 6.43.